The van der Waals surface area contributed by atoms with Gasteiger partial charge in [0.1, 0.15) is 18.0 Å². The summed E-state index contributed by atoms with van der Waals surface area (Å²) in [5.74, 6) is 0.910. The number of aromatic nitrogens is 4. The molecule has 34 heavy (non-hydrogen) atoms. The van der Waals surface area contributed by atoms with Gasteiger partial charge in [-0.3, -0.25) is 0 Å². The first-order valence-electron chi connectivity index (χ1n) is 11.7. The third-order valence-electron chi connectivity index (χ3n) is 7.04. The average molecular weight is 478 g/mol. The van der Waals surface area contributed by atoms with Crippen LogP contribution in [0, 0.1) is 11.3 Å². The molecule has 2 aromatic heterocycles. The average Bonchev–Trinajstić information content (AvgIpc) is 3.57. The van der Waals surface area contributed by atoms with Crippen LogP contribution >= 0.6 is 11.3 Å². The van der Waals surface area contributed by atoms with Crippen molar-refractivity contribution in [3.05, 3.63) is 34.8 Å². The van der Waals surface area contributed by atoms with Crippen LogP contribution in [0.5, 0.6) is 5.75 Å². The fourth-order valence-electron chi connectivity index (χ4n) is 5.28. The number of hydrogen-bond acceptors (Lipinski definition) is 9. The maximum Gasteiger partial charge on any atom is 0.194 e. The lowest BCUT2D eigenvalue weighted by Crippen LogP contribution is -2.62. The number of phenols is 1. The predicted octanol–water partition coefficient (Wildman–Crippen LogP) is 3.83. The molecule has 3 fully saturated rings. The zero-order valence-corrected chi connectivity index (χ0v) is 19.2. The van der Waals surface area contributed by atoms with Crippen molar-refractivity contribution in [2.75, 3.05) is 4.90 Å². The van der Waals surface area contributed by atoms with Crippen LogP contribution in [-0.2, 0) is 0 Å². The molecule has 10 heteroatoms. The van der Waals surface area contributed by atoms with E-state index in [1.807, 2.05) is 6.07 Å². The predicted molar refractivity (Wildman–Crippen MR) is 126 cm³/mol. The maximum absolute atomic E-state index is 15.4. The minimum atomic E-state index is -0.942. The highest BCUT2D eigenvalue weighted by atomic mass is 32.1. The molecular formula is C24H24FN7OS. The smallest absolute Gasteiger partial charge is 0.194 e. The molecule has 2 aliphatic heterocycles. The van der Waals surface area contributed by atoms with Crippen LogP contribution in [-0.4, -0.2) is 55.6 Å². The van der Waals surface area contributed by atoms with Crippen molar-refractivity contribution < 1.29 is 9.50 Å². The molecule has 2 bridgehead atoms. The molecule has 1 saturated carbocycles. The molecule has 1 aliphatic carbocycles. The second-order valence-electron chi connectivity index (χ2n) is 9.31. The van der Waals surface area contributed by atoms with E-state index in [1.54, 1.807) is 29.8 Å². The van der Waals surface area contributed by atoms with Gasteiger partial charge in [0.25, 0.3) is 0 Å². The molecule has 0 unspecified atom stereocenters. The molecule has 3 aliphatic rings. The van der Waals surface area contributed by atoms with Gasteiger partial charge < -0.3 is 15.3 Å². The van der Waals surface area contributed by atoms with Gasteiger partial charge in [0.05, 0.1) is 23.5 Å². The molecule has 2 N–H and O–H groups in total. The molecule has 2 saturated heterocycles. The third-order valence-corrected chi connectivity index (χ3v) is 7.79. The highest BCUT2D eigenvalue weighted by Crippen LogP contribution is 2.39. The number of nitriles is 1. The van der Waals surface area contributed by atoms with Crippen LogP contribution in [0.25, 0.3) is 22.6 Å². The van der Waals surface area contributed by atoms with Crippen molar-refractivity contribution in [2.45, 2.75) is 68.9 Å². The fourth-order valence-corrected chi connectivity index (χ4v) is 5.89. The summed E-state index contributed by atoms with van der Waals surface area (Å²) in [7, 11) is 0. The number of phenolic OH excluding ortho intramolecular Hbond substituents is 1. The van der Waals surface area contributed by atoms with Crippen molar-refractivity contribution in [3.8, 4) is 34.5 Å². The molecule has 1 aromatic carbocycles. The first kappa shape index (κ1) is 21.4. The van der Waals surface area contributed by atoms with Crippen LogP contribution in [0.3, 0.4) is 0 Å². The fraction of sp³-hybridized carbons (Fsp3) is 0.458. The number of benzene rings is 1. The van der Waals surface area contributed by atoms with Crippen LogP contribution < -0.4 is 10.2 Å². The van der Waals surface area contributed by atoms with Gasteiger partial charge in [-0.05, 0) is 44.2 Å². The zero-order valence-electron chi connectivity index (χ0n) is 18.4. The Morgan fingerprint density at radius 3 is 2.79 bits per heavy atom. The van der Waals surface area contributed by atoms with E-state index in [0.29, 0.717) is 39.5 Å². The molecule has 0 radical (unpaired) electrons. The molecule has 4 atom stereocenters. The quantitative estimate of drug-likeness (QED) is 0.570. The summed E-state index contributed by atoms with van der Waals surface area (Å²) >= 11 is 1.26. The van der Waals surface area contributed by atoms with Crippen molar-refractivity contribution >= 4 is 17.2 Å². The monoisotopic (exact) mass is 477 g/mol. The van der Waals surface area contributed by atoms with Crippen LogP contribution in [0.2, 0.25) is 0 Å². The Hall–Kier alpha value is -3.16. The summed E-state index contributed by atoms with van der Waals surface area (Å²) in [6.07, 6.45) is 6.59. The van der Waals surface area contributed by atoms with Gasteiger partial charge in [-0.2, -0.15) is 5.26 Å². The van der Waals surface area contributed by atoms with Gasteiger partial charge in [0.2, 0.25) is 0 Å². The molecule has 8 nitrogen and oxygen atoms in total. The Morgan fingerprint density at radius 1 is 1.21 bits per heavy atom. The molecule has 0 spiro atoms. The third kappa shape index (κ3) is 3.89. The number of aromatic hydroxyl groups is 1. The van der Waals surface area contributed by atoms with E-state index in [-0.39, 0.29) is 23.9 Å². The Balaban J connectivity index is 1.25. The number of alkyl halides is 1. The molecule has 6 rings (SSSR count). The topological polar surface area (TPSA) is 111 Å². The van der Waals surface area contributed by atoms with Gasteiger partial charge in [-0.15, -0.1) is 21.5 Å². The van der Waals surface area contributed by atoms with E-state index in [0.717, 1.165) is 38.5 Å². The van der Waals surface area contributed by atoms with Gasteiger partial charge in [-0.1, -0.05) is 12.5 Å². The molecular weight excluding hydrogens is 453 g/mol. The zero-order chi connectivity index (χ0) is 23.2. The van der Waals surface area contributed by atoms with Gasteiger partial charge in [0, 0.05) is 29.1 Å². The molecule has 3 aromatic rings. The first-order valence-corrected chi connectivity index (χ1v) is 12.6. The second-order valence-corrected chi connectivity index (χ2v) is 10.2. The van der Waals surface area contributed by atoms with Crippen molar-refractivity contribution in [2.24, 2.45) is 0 Å². The SMILES string of the molecule is N#Cc1nc(-c2ccc(-c3ncc(N(C4CC4)[C@H]4C[C@@H]5CCC[C@@H](N5)[C@H]4F)nn3)c(O)c2)cs1. The summed E-state index contributed by atoms with van der Waals surface area (Å²) in [6, 6.07) is 7.47. The number of piperidine rings is 2. The number of rotatable bonds is 5. The number of halogens is 1. The number of hydrogen-bond donors (Lipinski definition) is 2. The Morgan fingerprint density at radius 2 is 2.09 bits per heavy atom. The molecule has 4 heterocycles. The van der Waals surface area contributed by atoms with E-state index < -0.39 is 6.17 Å². The Kier molecular flexibility index (Phi) is 5.38. The van der Waals surface area contributed by atoms with Gasteiger partial charge >= 0.3 is 0 Å². The number of nitrogens with zero attached hydrogens (tertiary/aromatic N) is 6. The minimum Gasteiger partial charge on any atom is -0.507 e. The lowest BCUT2D eigenvalue weighted by atomic mass is 9.82. The van der Waals surface area contributed by atoms with Crippen LogP contribution in [0.4, 0.5) is 10.2 Å². The maximum atomic E-state index is 15.4. The summed E-state index contributed by atoms with van der Waals surface area (Å²) in [5, 5.41) is 33.9. The van der Waals surface area contributed by atoms with E-state index in [9.17, 15) is 5.11 Å². The number of nitrogens with one attached hydrogen (secondary N) is 1. The summed E-state index contributed by atoms with van der Waals surface area (Å²) < 4.78 is 15.4. The van der Waals surface area contributed by atoms with E-state index in [2.05, 4.69) is 30.4 Å². The summed E-state index contributed by atoms with van der Waals surface area (Å²) in [4.78, 5) is 10.8. The van der Waals surface area contributed by atoms with Gasteiger partial charge in [0.15, 0.2) is 16.6 Å². The number of thiazole rings is 1. The first-order chi connectivity index (χ1) is 16.6. The van der Waals surface area contributed by atoms with Gasteiger partial charge in [-0.25, -0.2) is 14.4 Å². The summed E-state index contributed by atoms with van der Waals surface area (Å²) in [5.41, 5.74) is 1.79. The molecule has 174 valence electrons. The lowest BCUT2D eigenvalue weighted by molar-refractivity contribution is 0.104. The summed E-state index contributed by atoms with van der Waals surface area (Å²) in [6.45, 7) is 0. The Labute approximate surface area is 200 Å². The van der Waals surface area contributed by atoms with E-state index in [1.165, 1.54) is 11.3 Å². The molecule has 0 amide bonds. The second kappa shape index (κ2) is 8.56. The normalized spacial score (nSPS) is 26.1. The Bertz CT molecular complexity index is 1240. The van der Waals surface area contributed by atoms with Crippen molar-refractivity contribution in [1.29, 1.82) is 5.26 Å². The number of fused-ring (bicyclic) bond motifs is 2. The van der Waals surface area contributed by atoms with E-state index >= 15 is 4.39 Å². The lowest BCUT2D eigenvalue weighted by Gasteiger charge is -2.47. The van der Waals surface area contributed by atoms with Crippen molar-refractivity contribution in [1.82, 2.24) is 25.5 Å². The van der Waals surface area contributed by atoms with Crippen LogP contribution in [0.15, 0.2) is 29.8 Å². The van der Waals surface area contributed by atoms with E-state index in [4.69, 9.17) is 5.26 Å². The highest BCUT2D eigenvalue weighted by molar-refractivity contribution is 7.10. The minimum absolute atomic E-state index is 0.00705. The highest BCUT2D eigenvalue weighted by Gasteiger charge is 2.46. The standard InChI is InChI=1S/C24H24FN7OS/c25-23-17-3-1-2-14(28-17)9-19(23)32(15-5-6-15)21-11-27-24(31-30-21)16-7-4-13(8-20(16)33)18-12-34-22(10-26)29-18/h4,7-8,11-12,14-15,17,19,23,28,33H,1-3,5-6,9H2/t14-,17+,19-,23+/m0/s1. The largest absolute Gasteiger partial charge is 0.507 e. The van der Waals surface area contributed by atoms with Crippen LogP contribution in [0.1, 0.15) is 43.5 Å². The number of anilines is 1. The van der Waals surface area contributed by atoms with Crippen molar-refractivity contribution in [3.63, 3.8) is 0 Å².